The molecule has 4 nitrogen and oxygen atoms in total. The van der Waals surface area contributed by atoms with Crippen LogP contribution in [0.3, 0.4) is 0 Å². The molecule has 16 heavy (non-hydrogen) atoms. The van der Waals surface area contributed by atoms with Gasteiger partial charge in [0.15, 0.2) is 0 Å². The molecule has 0 aromatic rings. The predicted octanol–water partition coefficient (Wildman–Crippen LogP) is 1.69. The first-order valence-electron chi connectivity index (χ1n) is 5.63. The molecule has 1 rings (SSSR count). The van der Waals surface area contributed by atoms with Crippen molar-refractivity contribution in [3.05, 3.63) is 0 Å². The predicted molar refractivity (Wildman–Crippen MR) is 58.9 cm³/mol. The van der Waals surface area contributed by atoms with Gasteiger partial charge in [0, 0.05) is 13.1 Å². The van der Waals surface area contributed by atoms with E-state index in [1.54, 1.807) is 4.90 Å². The van der Waals surface area contributed by atoms with Gasteiger partial charge < -0.3 is 4.90 Å². The summed E-state index contributed by atoms with van der Waals surface area (Å²) in [5, 5.41) is 17.5. The molecule has 0 atom stereocenters. The number of rotatable bonds is 5. The van der Waals surface area contributed by atoms with Crippen molar-refractivity contribution in [2.75, 3.05) is 13.1 Å². The molecule has 0 heterocycles. The molecule has 0 saturated heterocycles. The van der Waals surface area contributed by atoms with E-state index in [0.717, 1.165) is 0 Å². The van der Waals surface area contributed by atoms with Crippen molar-refractivity contribution in [2.24, 2.45) is 11.3 Å². The quantitative estimate of drug-likeness (QED) is 0.706. The van der Waals surface area contributed by atoms with E-state index in [1.165, 1.54) is 0 Å². The summed E-state index contributed by atoms with van der Waals surface area (Å²) in [7, 11) is 0. The smallest absolute Gasteiger partial charge is 0.243 e. The lowest BCUT2D eigenvalue weighted by molar-refractivity contribution is -0.135. The normalized spacial score (nSPS) is 16.3. The Kier molecular flexibility index (Phi) is 3.90. The summed E-state index contributed by atoms with van der Waals surface area (Å²) in [4.78, 5) is 13.8. The number of hydrogen-bond acceptors (Lipinski definition) is 3. The van der Waals surface area contributed by atoms with Gasteiger partial charge in [-0.3, -0.25) is 4.79 Å². The van der Waals surface area contributed by atoms with Crippen LogP contribution in [0.5, 0.6) is 0 Å². The highest BCUT2D eigenvalue weighted by atomic mass is 16.2. The first-order valence-corrected chi connectivity index (χ1v) is 5.63. The van der Waals surface area contributed by atoms with Crippen molar-refractivity contribution >= 4 is 5.91 Å². The number of carbonyl (C=O) groups is 1. The van der Waals surface area contributed by atoms with Gasteiger partial charge in [0.25, 0.3) is 0 Å². The molecular weight excluding hydrogens is 202 g/mol. The van der Waals surface area contributed by atoms with Gasteiger partial charge in [-0.15, -0.1) is 0 Å². The van der Waals surface area contributed by atoms with Crippen LogP contribution >= 0.6 is 0 Å². The van der Waals surface area contributed by atoms with Crippen molar-refractivity contribution < 1.29 is 4.79 Å². The maximum Gasteiger partial charge on any atom is 0.243 e. The van der Waals surface area contributed by atoms with Crippen molar-refractivity contribution in [1.29, 1.82) is 10.5 Å². The van der Waals surface area contributed by atoms with Crippen LogP contribution in [0, 0.1) is 34.0 Å². The maximum atomic E-state index is 12.1. The lowest BCUT2D eigenvalue weighted by Crippen LogP contribution is -2.39. The topological polar surface area (TPSA) is 67.9 Å². The summed E-state index contributed by atoms with van der Waals surface area (Å²) in [5.74, 6) is 0.274. The Hall–Kier alpha value is -1.55. The summed E-state index contributed by atoms with van der Waals surface area (Å²) in [6.07, 6.45) is 1.67. The summed E-state index contributed by atoms with van der Waals surface area (Å²) in [6, 6.07) is 4.15. The minimum absolute atomic E-state index is 0.0843. The van der Waals surface area contributed by atoms with E-state index in [9.17, 15) is 4.79 Å². The second kappa shape index (κ2) is 4.99. The first-order chi connectivity index (χ1) is 7.55. The van der Waals surface area contributed by atoms with Crippen LogP contribution in [0.1, 0.15) is 33.1 Å². The van der Waals surface area contributed by atoms with Gasteiger partial charge in [0.2, 0.25) is 5.91 Å². The average molecular weight is 219 g/mol. The highest BCUT2D eigenvalue weighted by Gasteiger charge is 2.52. The summed E-state index contributed by atoms with van der Waals surface area (Å²) >= 11 is 0. The number of nitriles is 2. The highest BCUT2D eigenvalue weighted by Crippen LogP contribution is 2.46. The molecule has 0 aromatic heterocycles. The van der Waals surface area contributed by atoms with Gasteiger partial charge in [0.1, 0.15) is 5.41 Å². The lowest BCUT2D eigenvalue weighted by Gasteiger charge is -2.25. The zero-order valence-electron chi connectivity index (χ0n) is 9.86. The monoisotopic (exact) mass is 219 g/mol. The zero-order chi connectivity index (χ0) is 12.2. The molecule has 0 bridgehead atoms. The Labute approximate surface area is 96.5 Å². The molecule has 1 saturated carbocycles. The fraction of sp³-hybridized carbons (Fsp3) is 0.750. The van der Waals surface area contributed by atoms with Crippen molar-refractivity contribution in [2.45, 2.75) is 33.1 Å². The molecule has 1 fully saturated rings. The van der Waals surface area contributed by atoms with E-state index in [4.69, 9.17) is 10.5 Å². The van der Waals surface area contributed by atoms with Crippen LogP contribution in [0.2, 0.25) is 0 Å². The van der Waals surface area contributed by atoms with Crippen LogP contribution in [0.4, 0.5) is 0 Å². The second-order valence-electron chi connectivity index (χ2n) is 4.75. The third-order valence-corrected chi connectivity index (χ3v) is 2.74. The summed E-state index contributed by atoms with van der Waals surface area (Å²) < 4.78 is 0. The van der Waals surface area contributed by atoms with Crippen LogP contribution in [0.25, 0.3) is 0 Å². The number of hydrogen-bond donors (Lipinski definition) is 0. The second-order valence-corrected chi connectivity index (χ2v) is 4.75. The van der Waals surface area contributed by atoms with Gasteiger partial charge in [-0.2, -0.15) is 10.5 Å². The molecule has 86 valence electrons. The lowest BCUT2D eigenvalue weighted by atomic mass is 10.1. The molecule has 0 radical (unpaired) electrons. The van der Waals surface area contributed by atoms with Gasteiger partial charge in [0.05, 0.1) is 18.6 Å². The Morgan fingerprint density at radius 3 is 2.44 bits per heavy atom. The zero-order valence-corrected chi connectivity index (χ0v) is 9.86. The highest BCUT2D eigenvalue weighted by molar-refractivity contribution is 5.88. The fourth-order valence-electron chi connectivity index (χ4n) is 1.70. The van der Waals surface area contributed by atoms with E-state index in [-0.39, 0.29) is 5.91 Å². The molecule has 0 spiro atoms. The molecule has 0 unspecified atom stereocenters. The number of carbonyl (C=O) groups excluding carboxylic acids is 1. The van der Waals surface area contributed by atoms with Gasteiger partial charge in [-0.1, -0.05) is 13.8 Å². The van der Waals surface area contributed by atoms with E-state index in [2.05, 4.69) is 6.07 Å². The van der Waals surface area contributed by atoms with Crippen LogP contribution < -0.4 is 0 Å². The third kappa shape index (κ3) is 2.73. The molecule has 1 aliphatic carbocycles. The third-order valence-electron chi connectivity index (χ3n) is 2.74. The Bertz CT molecular complexity index is 344. The van der Waals surface area contributed by atoms with E-state index < -0.39 is 5.41 Å². The van der Waals surface area contributed by atoms with Crippen molar-refractivity contribution in [3.63, 3.8) is 0 Å². The van der Waals surface area contributed by atoms with Gasteiger partial charge in [-0.05, 0) is 18.8 Å². The fourth-order valence-corrected chi connectivity index (χ4v) is 1.70. The SMILES string of the molecule is CC(C)CN(CCC#N)C(=O)C1(C#N)CC1. The minimum atomic E-state index is -0.760. The summed E-state index contributed by atoms with van der Waals surface area (Å²) in [6.45, 7) is 5.12. The Morgan fingerprint density at radius 2 is 2.06 bits per heavy atom. The van der Waals surface area contributed by atoms with Crippen LogP contribution in [0.15, 0.2) is 0 Å². The molecule has 4 heteroatoms. The van der Waals surface area contributed by atoms with Crippen molar-refractivity contribution in [1.82, 2.24) is 4.90 Å². The number of amides is 1. The molecular formula is C12H17N3O. The van der Waals surface area contributed by atoms with Gasteiger partial charge in [-0.25, -0.2) is 0 Å². The van der Waals surface area contributed by atoms with Crippen LogP contribution in [-0.2, 0) is 4.79 Å². The molecule has 1 aliphatic rings. The average Bonchev–Trinajstić information content (AvgIpc) is 3.03. The maximum absolute atomic E-state index is 12.1. The molecule has 0 N–H and O–H groups in total. The molecule has 0 aliphatic heterocycles. The summed E-state index contributed by atoms with van der Waals surface area (Å²) in [5.41, 5.74) is -0.760. The van der Waals surface area contributed by atoms with Crippen molar-refractivity contribution in [3.8, 4) is 12.1 Å². The Balaban J connectivity index is 2.66. The number of nitrogens with zero attached hydrogens (tertiary/aromatic N) is 3. The largest absolute Gasteiger partial charge is 0.340 e. The van der Waals surface area contributed by atoms with Crippen LogP contribution in [-0.4, -0.2) is 23.9 Å². The first kappa shape index (κ1) is 12.5. The molecule has 1 amide bonds. The molecule has 0 aromatic carbocycles. The standard InChI is InChI=1S/C12H17N3O/c1-10(2)8-15(7-3-6-13)11(16)12(9-14)4-5-12/h10H,3-5,7-8H2,1-2H3. The van der Waals surface area contributed by atoms with E-state index in [1.807, 2.05) is 19.9 Å². The van der Waals surface area contributed by atoms with E-state index in [0.29, 0.717) is 38.3 Å². The van der Waals surface area contributed by atoms with E-state index >= 15 is 0 Å². The minimum Gasteiger partial charge on any atom is -0.340 e. The Morgan fingerprint density at radius 1 is 1.44 bits per heavy atom. The van der Waals surface area contributed by atoms with Gasteiger partial charge >= 0.3 is 0 Å².